The number of nitro groups is 1. The molecular weight excluding hydrogens is 327 g/mol. The third-order valence-corrected chi connectivity index (χ3v) is 3.24. The molecule has 0 aliphatic rings. The number of hydrogen-bond donors (Lipinski definition) is 0. The number of nitro benzene ring substituents is 1. The fourth-order valence-electron chi connectivity index (χ4n) is 2.03. The highest BCUT2D eigenvalue weighted by atomic mass is 19.4. The molecule has 24 heavy (non-hydrogen) atoms. The standard InChI is InChI=1S/C16H14F3NO4/c1-11-12(5-4-6-13(11)20(21)22)9-23-14-7-2-3-8-15(14)24-10-16(17,18)19/h2-8H,9-10H2,1H3. The quantitative estimate of drug-likeness (QED) is 0.576. The number of nitrogens with zero attached hydrogens (tertiary/aromatic N) is 1. The molecule has 0 radical (unpaired) electrons. The molecule has 0 N–H and O–H groups in total. The highest BCUT2D eigenvalue weighted by molar-refractivity contribution is 5.45. The highest BCUT2D eigenvalue weighted by Gasteiger charge is 2.29. The predicted molar refractivity (Wildman–Crippen MR) is 80.2 cm³/mol. The Bertz CT molecular complexity index is 732. The normalized spacial score (nSPS) is 11.2. The fourth-order valence-corrected chi connectivity index (χ4v) is 2.03. The molecule has 0 saturated heterocycles. The van der Waals surface area contributed by atoms with Gasteiger partial charge in [0.1, 0.15) is 6.61 Å². The van der Waals surface area contributed by atoms with Crippen molar-refractivity contribution >= 4 is 5.69 Å². The second-order valence-electron chi connectivity index (χ2n) is 4.96. The molecule has 0 unspecified atom stereocenters. The molecule has 0 fully saturated rings. The average Bonchev–Trinajstić information content (AvgIpc) is 2.51. The van der Waals surface area contributed by atoms with E-state index in [0.29, 0.717) is 11.1 Å². The number of rotatable bonds is 6. The van der Waals surface area contributed by atoms with E-state index in [-0.39, 0.29) is 23.8 Å². The third kappa shape index (κ3) is 4.61. The Morgan fingerprint density at radius 2 is 1.67 bits per heavy atom. The smallest absolute Gasteiger partial charge is 0.422 e. The largest absolute Gasteiger partial charge is 0.485 e. The molecular formula is C16H14F3NO4. The monoisotopic (exact) mass is 341 g/mol. The molecule has 8 heteroatoms. The summed E-state index contributed by atoms with van der Waals surface area (Å²) in [6, 6.07) is 10.5. The maximum atomic E-state index is 12.3. The Hall–Kier alpha value is -2.77. The van der Waals surface area contributed by atoms with Gasteiger partial charge in [-0.2, -0.15) is 13.2 Å². The van der Waals surface area contributed by atoms with Gasteiger partial charge in [-0.25, -0.2) is 0 Å². The zero-order valence-electron chi connectivity index (χ0n) is 12.7. The molecule has 2 rings (SSSR count). The number of ether oxygens (including phenoxy) is 2. The molecule has 5 nitrogen and oxygen atoms in total. The average molecular weight is 341 g/mol. The minimum atomic E-state index is -4.45. The van der Waals surface area contributed by atoms with Crippen molar-refractivity contribution in [2.24, 2.45) is 0 Å². The van der Waals surface area contributed by atoms with Crippen molar-refractivity contribution in [1.29, 1.82) is 0 Å². The number of halogens is 3. The van der Waals surface area contributed by atoms with Crippen LogP contribution in [0.3, 0.4) is 0 Å². The zero-order valence-corrected chi connectivity index (χ0v) is 12.7. The predicted octanol–water partition coefficient (Wildman–Crippen LogP) is 4.42. The van der Waals surface area contributed by atoms with E-state index in [2.05, 4.69) is 0 Å². The van der Waals surface area contributed by atoms with E-state index >= 15 is 0 Å². The summed E-state index contributed by atoms with van der Waals surface area (Å²) in [6.07, 6.45) is -4.45. The summed E-state index contributed by atoms with van der Waals surface area (Å²) in [5, 5.41) is 10.9. The van der Waals surface area contributed by atoms with E-state index in [9.17, 15) is 23.3 Å². The van der Waals surface area contributed by atoms with E-state index in [1.54, 1.807) is 19.1 Å². The van der Waals surface area contributed by atoms with Crippen LogP contribution in [0.2, 0.25) is 0 Å². The first-order chi connectivity index (χ1) is 11.3. The first kappa shape index (κ1) is 17.6. The summed E-state index contributed by atoms with van der Waals surface area (Å²) in [5.74, 6) is 0.0885. The number of benzene rings is 2. The molecule has 128 valence electrons. The first-order valence-electron chi connectivity index (χ1n) is 6.92. The van der Waals surface area contributed by atoms with Crippen molar-refractivity contribution < 1.29 is 27.6 Å². The SMILES string of the molecule is Cc1c(COc2ccccc2OCC(F)(F)F)cccc1[N+](=O)[O-]. The van der Waals surface area contributed by atoms with Crippen molar-refractivity contribution in [3.05, 3.63) is 63.7 Å². The summed E-state index contributed by atoms with van der Waals surface area (Å²) in [6.45, 7) is 0.131. The molecule has 0 atom stereocenters. The Morgan fingerprint density at radius 1 is 1.04 bits per heavy atom. The highest BCUT2D eigenvalue weighted by Crippen LogP contribution is 2.30. The lowest BCUT2D eigenvalue weighted by atomic mass is 10.1. The number of para-hydroxylation sites is 2. The summed E-state index contributed by atoms with van der Waals surface area (Å²) in [5.41, 5.74) is 0.962. The van der Waals surface area contributed by atoms with Crippen LogP contribution < -0.4 is 9.47 Å². The third-order valence-electron chi connectivity index (χ3n) is 3.24. The van der Waals surface area contributed by atoms with Gasteiger partial charge in [0.25, 0.3) is 5.69 Å². The molecule has 0 aliphatic heterocycles. The summed E-state index contributed by atoms with van der Waals surface area (Å²) in [4.78, 5) is 10.4. The molecule has 0 heterocycles. The lowest BCUT2D eigenvalue weighted by molar-refractivity contribution is -0.385. The van der Waals surface area contributed by atoms with Crippen LogP contribution in [0.15, 0.2) is 42.5 Å². The van der Waals surface area contributed by atoms with Crippen molar-refractivity contribution in [2.45, 2.75) is 19.7 Å². The van der Waals surface area contributed by atoms with Crippen LogP contribution in [0.5, 0.6) is 11.5 Å². The Balaban J connectivity index is 2.13. The Labute approximate surface area is 135 Å². The summed E-state index contributed by atoms with van der Waals surface area (Å²) in [7, 11) is 0. The van der Waals surface area contributed by atoms with Crippen LogP contribution in [0, 0.1) is 17.0 Å². The lowest BCUT2D eigenvalue weighted by Gasteiger charge is -2.14. The van der Waals surface area contributed by atoms with Crippen LogP contribution in [-0.4, -0.2) is 17.7 Å². The molecule has 0 aromatic heterocycles. The topological polar surface area (TPSA) is 61.6 Å². The number of hydrogen-bond acceptors (Lipinski definition) is 4. The zero-order chi connectivity index (χ0) is 17.7. The summed E-state index contributed by atoms with van der Waals surface area (Å²) < 4.78 is 47.0. The maximum absolute atomic E-state index is 12.3. The van der Waals surface area contributed by atoms with Gasteiger partial charge in [-0.15, -0.1) is 0 Å². The van der Waals surface area contributed by atoms with E-state index in [1.165, 1.54) is 30.3 Å². The van der Waals surface area contributed by atoms with Gasteiger partial charge in [0.15, 0.2) is 18.1 Å². The molecule has 0 spiro atoms. The fraction of sp³-hybridized carbons (Fsp3) is 0.250. The Morgan fingerprint density at radius 3 is 2.25 bits per heavy atom. The summed E-state index contributed by atoms with van der Waals surface area (Å²) >= 11 is 0. The van der Waals surface area contributed by atoms with Crippen molar-refractivity contribution in [3.63, 3.8) is 0 Å². The van der Waals surface area contributed by atoms with Gasteiger partial charge in [0.05, 0.1) is 4.92 Å². The van der Waals surface area contributed by atoms with Crippen molar-refractivity contribution in [3.8, 4) is 11.5 Å². The van der Waals surface area contributed by atoms with Gasteiger partial charge in [0, 0.05) is 11.6 Å². The van der Waals surface area contributed by atoms with Crippen LogP contribution in [0.1, 0.15) is 11.1 Å². The van der Waals surface area contributed by atoms with E-state index in [0.717, 1.165) is 0 Å². The molecule has 2 aromatic carbocycles. The van der Waals surface area contributed by atoms with Gasteiger partial charge in [0.2, 0.25) is 0 Å². The molecule has 2 aromatic rings. The van der Waals surface area contributed by atoms with Crippen LogP contribution in [0.4, 0.5) is 18.9 Å². The van der Waals surface area contributed by atoms with Crippen molar-refractivity contribution in [2.75, 3.05) is 6.61 Å². The van der Waals surface area contributed by atoms with Gasteiger partial charge in [-0.05, 0) is 24.6 Å². The second kappa shape index (κ2) is 7.20. The molecule has 0 saturated carbocycles. The van der Waals surface area contributed by atoms with Gasteiger partial charge < -0.3 is 9.47 Å². The van der Waals surface area contributed by atoms with Gasteiger partial charge in [-0.1, -0.05) is 24.3 Å². The van der Waals surface area contributed by atoms with E-state index in [1.807, 2.05) is 0 Å². The van der Waals surface area contributed by atoms with Crippen LogP contribution >= 0.6 is 0 Å². The van der Waals surface area contributed by atoms with Crippen LogP contribution in [0.25, 0.3) is 0 Å². The maximum Gasteiger partial charge on any atom is 0.422 e. The molecule has 0 bridgehead atoms. The minimum Gasteiger partial charge on any atom is -0.485 e. The van der Waals surface area contributed by atoms with Crippen molar-refractivity contribution in [1.82, 2.24) is 0 Å². The molecule has 0 amide bonds. The number of alkyl halides is 3. The van der Waals surface area contributed by atoms with Gasteiger partial charge >= 0.3 is 6.18 Å². The van der Waals surface area contributed by atoms with E-state index < -0.39 is 17.7 Å². The van der Waals surface area contributed by atoms with Gasteiger partial charge in [-0.3, -0.25) is 10.1 Å². The Kier molecular flexibility index (Phi) is 5.28. The van der Waals surface area contributed by atoms with E-state index in [4.69, 9.17) is 9.47 Å². The molecule has 0 aliphatic carbocycles. The minimum absolute atomic E-state index is 0.0279. The lowest BCUT2D eigenvalue weighted by Crippen LogP contribution is -2.19. The first-order valence-corrected chi connectivity index (χ1v) is 6.92. The van der Waals surface area contributed by atoms with Crippen LogP contribution in [-0.2, 0) is 6.61 Å². The second-order valence-corrected chi connectivity index (χ2v) is 4.96.